The van der Waals surface area contributed by atoms with E-state index in [-0.39, 0.29) is 29.9 Å². The molecule has 37 heavy (non-hydrogen) atoms. The van der Waals surface area contributed by atoms with Crippen molar-refractivity contribution >= 4 is 21.4 Å². The molecule has 0 radical (unpaired) electrons. The number of alkyl halides is 1. The van der Waals surface area contributed by atoms with Crippen molar-refractivity contribution in [2.75, 3.05) is 30.3 Å². The molecule has 0 spiro atoms. The van der Waals surface area contributed by atoms with E-state index < -0.39 is 62.4 Å². The van der Waals surface area contributed by atoms with Crippen molar-refractivity contribution < 1.29 is 30.7 Å². The van der Waals surface area contributed by atoms with Crippen LogP contribution in [0.25, 0.3) is 11.1 Å². The molecule has 5 rings (SSSR count). The summed E-state index contributed by atoms with van der Waals surface area (Å²) in [6.07, 6.45) is -3.09. The number of hydrazine groups is 1. The minimum Gasteiger partial charge on any atom is -0.365 e. The molecule has 0 aromatic heterocycles. The number of halogens is 4. The Morgan fingerprint density at radius 3 is 2.49 bits per heavy atom. The molecule has 3 heterocycles. The number of benzene rings is 2. The Morgan fingerprint density at radius 2 is 1.78 bits per heavy atom. The average molecular weight is 545 g/mol. The minimum atomic E-state index is -4.39. The zero-order valence-electron chi connectivity index (χ0n) is 20.0. The first-order valence-electron chi connectivity index (χ1n) is 11.9. The van der Waals surface area contributed by atoms with Gasteiger partial charge >= 0.3 is 0 Å². The molecule has 2 aromatic rings. The van der Waals surface area contributed by atoms with Gasteiger partial charge in [0.05, 0.1) is 29.1 Å². The van der Waals surface area contributed by atoms with Crippen LogP contribution in [0.2, 0.25) is 0 Å². The Bertz CT molecular complexity index is 1290. The number of rotatable bonds is 6. The van der Waals surface area contributed by atoms with Crippen LogP contribution in [0.5, 0.6) is 0 Å². The second kappa shape index (κ2) is 10.0. The van der Waals surface area contributed by atoms with Gasteiger partial charge in [-0.2, -0.15) is 0 Å². The lowest BCUT2D eigenvalue weighted by molar-refractivity contribution is 0.0169. The largest absolute Gasteiger partial charge is 0.365 e. The van der Waals surface area contributed by atoms with Crippen LogP contribution >= 0.6 is 0 Å². The highest BCUT2D eigenvalue weighted by molar-refractivity contribution is 7.93. The van der Waals surface area contributed by atoms with E-state index in [2.05, 4.69) is 31.5 Å². The molecule has 5 unspecified atom stereocenters. The van der Waals surface area contributed by atoms with Crippen LogP contribution in [0, 0.1) is 17.5 Å². The number of sulfonamides is 1. The molecule has 3 aliphatic rings. The summed E-state index contributed by atoms with van der Waals surface area (Å²) in [5.74, 6) is -3.27. The number of hydrogen-bond acceptors (Lipinski definition) is 8. The van der Waals surface area contributed by atoms with E-state index >= 15 is 8.78 Å². The van der Waals surface area contributed by atoms with E-state index in [1.54, 1.807) is 13.0 Å². The maximum atomic E-state index is 15.6. The fraction of sp³-hybridized carbons (Fsp3) is 0.478. The van der Waals surface area contributed by atoms with Gasteiger partial charge in [0.1, 0.15) is 23.5 Å². The van der Waals surface area contributed by atoms with Gasteiger partial charge in [-0.1, -0.05) is 12.1 Å². The van der Waals surface area contributed by atoms with Crippen LogP contribution in [0.15, 0.2) is 24.3 Å². The van der Waals surface area contributed by atoms with Gasteiger partial charge in [0, 0.05) is 43.8 Å². The SMILES string of the molecule is COC1NC(C)C(F)CC1S(=O)(=O)Nc1ccc(F)c(-c2ccc3c(c2F)NNC3C2NCCN2)c1F. The highest BCUT2D eigenvalue weighted by atomic mass is 32.2. The highest BCUT2D eigenvalue weighted by Crippen LogP contribution is 2.40. The zero-order valence-corrected chi connectivity index (χ0v) is 20.9. The van der Waals surface area contributed by atoms with Gasteiger partial charge < -0.3 is 10.2 Å². The lowest BCUT2D eigenvalue weighted by atomic mass is 9.97. The predicted octanol–water partition coefficient (Wildman–Crippen LogP) is 2.06. The van der Waals surface area contributed by atoms with Crippen LogP contribution in [0.4, 0.5) is 28.9 Å². The Labute approximate surface area is 211 Å². The van der Waals surface area contributed by atoms with Crippen LogP contribution in [0.3, 0.4) is 0 Å². The number of methoxy groups -OCH3 is 1. The van der Waals surface area contributed by atoms with E-state index in [0.29, 0.717) is 5.56 Å². The van der Waals surface area contributed by atoms with Gasteiger partial charge in [0.2, 0.25) is 10.0 Å². The van der Waals surface area contributed by atoms with E-state index in [1.807, 2.05) is 0 Å². The average Bonchev–Trinajstić information content (AvgIpc) is 3.54. The number of anilines is 2. The second-order valence-corrected chi connectivity index (χ2v) is 11.3. The number of piperidine rings is 1. The summed E-state index contributed by atoms with van der Waals surface area (Å²) in [6.45, 7) is 3.03. The first-order chi connectivity index (χ1) is 17.6. The molecular formula is C23H28F4N6O3S. The Kier molecular flexibility index (Phi) is 7.06. The van der Waals surface area contributed by atoms with Crippen molar-refractivity contribution in [3.05, 3.63) is 47.3 Å². The quantitative estimate of drug-likeness (QED) is 0.307. The number of fused-ring (bicyclic) bond motifs is 1. The summed E-state index contributed by atoms with van der Waals surface area (Å²) in [4.78, 5) is 0. The molecule has 2 saturated heterocycles. The summed E-state index contributed by atoms with van der Waals surface area (Å²) in [6, 6.07) is 3.59. The zero-order chi connectivity index (χ0) is 26.5. The van der Waals surface area contributed by atoms with Gasteiger partial charge in [-0.15, -0.1) is 0 Å². The van der Waals surface area contributed by atoms with Crippen LogP contribution in [0.1, 0.15) is 24.9 Å². The molecule has 14 heteroatoms. The summed E-state index contributed by atoms with van der Waals surface area (Å²) >= 11 is 0. The van der Waals surface area contributed by atoms with E-state index in [0.717, 1.165) is 25.2 Å². The van der Waals surface area contributed by atoms with Gasteiger partial charge in [-0.3, -0.25) is 20.7 Å². The molecule has 202 valence electrons. The maximum absolute atomic E-state index is 15.6. The first-order valence-corrected chi connectivity index (χ1v) is 13.4. The lowest BCUT2D eigenvalue weighted by Crippen LogP contribution is -2.58. The van der Waals surface area contributed by atoms with E-state index in [4.69, 9.17) is 4.74 Å². The summed E-state index contributed by atoms with van der Waals surface area (Å²) in [5, 5.41) is 7.81. The summed E-state index contributed by atoms with van der Waals surface area (Å²) in [7, 11) is -3.13. The molecule has 2 fully saturated rings. The molecule has 9 nitrogen and oxygen atoms in total. The maximum Gasteiger partial charge on any atom is 0.239 e. The van der Waals surface area contributed by atoms with Gasteiger partial charge in [0.15, 0.2) is 11.6 Å². The number of ether oxygens (including phenoxy) is 1. The molecular weight excluding hydrogens is 516 g/mol. The third-order valence-corrected chi connectivity index (χ3v) is 8.82. The van der Waals surface area contributed by atoms with Crippen LogP contribution in [-0.2, 0) is 14.8 Å². The Morgan fingerprint density at radius 1 is 1.05 bits per heavy atom. The van der Waals surface area contributed by atoms with Gasteiger partial charge in [0.25, 0.3) is 0 Å². The summed E-state index contributed by atoms with van der Waals surface area (Å²) < 4.78 is 93.7. The Hall–Kier alpha value is -2.49. The molecule has 0 bridgehead atoms. The first kappa shape index (κ1) is 26.1. The van der Waals surface area contributed by atoms with Crippen molar-refractivity contribution in [1.82, 2.24) is 21.4 Å². The van der Waals surface area contributed by atoms with E-state index in [1.165, 1.54) is 13.2 Å². The minimum absolute atomic E-state index is 0.0436. The fourth-order valence-corrected chi connectivity index (χ4v) is 6.63. The monoisotopic (exact) mass is 544 g/mol. The smallest absolute Gasteiger partial charge is 0.239 e. The topological polar surface area (TPSA) is 116 Å². The predicted molar refractivity (Wildman–Crippen MR) is 130 cm³/mol. The van der Waals surface area contributed by atoms with Crippen LogP contribution in [-0.4, -0.2) is 58.5 Å². The van der Waals surface area contributed by atoms with Crippen molar-refractivity contribution in [3.63, 3.8) is 0 Å². The van der Waals surface area contributed by atoms with Crippen LogP contribution < -0.4 is 31.5 Å². The van der Waals surface area contributed by atoms with Crippen molar-refractivity contribution in [1.29, 1.82) is 0 Å². The standard InChI is InChI=1S/C23H28F4N6O3S/c1-10-14(25)9-16(23(30-10)36-2)37(34,35)33-15-6-5-13(24)17(19(15)27)11-3-4-12-20(18(11)26)31-32-21(12)22-28-7-8-29-22/h3-6,10,14,16,21-23,28-33H,7-9H2,1-2H3. The number of nitrogens with one attached hydrogen (secondary N) is 6. The highest BCUT2D eigenvalue weighted by Gasteiger charge is 2.43. The van der Waals surface area contributed by atoms with E-state index in [9.17, 15) is 17.2 Å². The molecule has 0 amide bonds. The third kappa shape index (κ3) is 4.66. The fourth-order valence-electron chi connectivity index (χ4n) is 5.06. The molecule has 2 aromatic carbocycles. The van der Waals surface area contributed by atoms with Crippen molar-refractivity contribution in [3.8, 4) is 11.1 Å². The third-order valence-electron chi connectivity index (χ3n) is 7.08. The molecule has 5 atom stereocenters. The molecule has 0 aliphatic carbocycles. The van der Waals surface area contributed by atoms with Gasteiger partial charge in [-0.05, 0) is 19.1 Å². The second-order valence-electron chi connectivity index (χ2n) is 9.36. The summed E-state index contributed by atoms with van der Waals surface area (Å²) in [5.41, 5.74) is 4.61. The molecule has 0 saturated carbocycles. The van der Waals surface area contributed by atoms with Crippen molar-refractivity contribution in [2.45, 2.75) is 49.2 Å². The number of hydrogen-bond donors (Lipinski definition) is 6. The molecule has 3 aliphatic heterocycles. The normalized spacial score (nSPS) is 28.2. The van der Waals surface area contributed by atoms with Crippen molar-refractivity contribution in [2.24, 2.45) is 0 Å². The lowest BCUT2D eigenvalue weighted by Gasteiger charge is -2.36. The van der Waals surface area contributed by atoms with Gasteiger partial charge in [-0.25, -0.2) is 31.4 Å². The Balaban J connectivity index is 1.47. The molecule has 6 N–H and O–H groups in total.